The third-order valence-corrected chi connectivity index (χ3v) is 6.54. The molecule has 3 aromatic carbocycles. The Bertz CT molecular complexity index is 1120. The minimum atomic E-state index is 0.859. The molecule has 0 amide bonds. The van der Waals surface area contributed by atoms with E-state index in [1.54, 1.807) is 11.3 Å². The van der Waals surface area contributed by atoms with Gasteiger partial charge >= 0.3 is 0 Å². The average Bonchev–Trinajstić information content (AvgIpc) is 3.41. The Morgan fingerprint density at radius 1 is 0.912 bits per heavy atom. The van der Waals surface area contributed by atoms with Crippen molar-refractivity contribution in [1.82, 2.24) is 4.98 Å². The van der Waals surface area contributed by atoms with Crippen molar-refractivity contribution in [3.05, 3.63) is 113 Å². The molecule has 0 unspecified atom stereocenters. The molecule has 0 aliphatic carbocycles. The minimum absolute atomic E-state index is 0.859. The van der Waals surface area contributed by atoms with E-state index in [4.69, 9.17) is 5.10 Å². The first-order chi connectivity index (χ1) is 16.7. The van der Waals surface area contributed by atoms with E-state index in [1.807, 2.05) is 22.8 Å². The Morgan fingerprint density at radius 2 is 1.59 bits per heavy atom. The van der Waals surface area contributed by atoms with Gasteiger partial charge < -0.3 is 4.90 Å². The van der Waals surface area contributed by atoms with Crippen LogP contribution in [0.3, 0.4) is 0 Å². The molecule has 5 heteroatoms. The zero-order valence-electron chi connectivity index (χ0n) is 20.0. The molecular weight excluding hydrogens is 436 g/mol. The fraction of sp³-hybridized carbons (Fsp3) is 0.241. The number of rotatable bonds is 11. The molecule has 0 N–H and O–H groups in total. The maximum absolute atomic E-state index is 4.79. The van der Waals surface area contributed by atoms with E-state index < -0.39 is 0 Å². The van der Waals surface area contributed by atoms with Crippen LogP contribution in [0, 0.1) is 6.92 Å². The van der Waals surface area contributed by atoms with Crippen LogP contribution in [0.1, 0.15) is 42.0 Å². The summed E-state index contributed by atoms with van der Waals surface area (Å²) < 4.78 is 0. The van der Waals surface area contributed by atoms with E-state index >= 15 is 0 Å². The lowest BCUT2D eigenvalue weighted by Crippen LogP contribution is -2.22. The molecule has 0 saturated carbocycles. The molecule has 0 aliphatic heterocycles. The Hall–Kier alpha value is -3.44. The normalized spacial score (nSPS) is 11.1. The molecule has 0 atom stereocenters. The van der Waals surface area contributed by atoms with Gasteiger partial charge in [-0.05, 0) is 47.7 Å². The number of anilines is 2. The molecule has 34 heavy (non-hydrogen) atoms. The summed E-state index contributed by atoms with van der Waals surface area (Å²) in [6.45, 7) is 6.95. The fourth-order valence-electron chi connectivity index (χ4n) is 3.83. The lowest BCUT2D eigenvalue weighted by molar-refractivity contribution is 0.739. The third-order valence-electron chi connectivity index (χ3n) is 5.75. The van der Waals surface area contributed by atoms with Gasteiger partial charge in [0, 0.05) is 36.9 Å². The molecule has 1 aromatic heterocycles. The van der Waals surface area contributed by atoms with Gasteiger partial charge in [0.05, 0.1) is 6.21 Å². The van der Waals surface area contributed by atoms with Crippen molar-refractivity contribution in [2.45, 2.75) is 39.8 Å². The van der Waals surface area contributed by atoms with E-state index in [2.05, 4.69) is 103 Å². The number of hydrogen-bond acceptors (Lipinski definition) is 5. The summed E-state index contributed by atoms with van der Waals surface area (Å²) in [7, 11) is 0. The van der Waals surface area contributed by atoms with E-state index in [1.165, 1.54) is 22.4 Å². The van der Waals surface area contributed by atoms with E-state index in [9.17, 15) is 0 Å². The van der Waals surface area contributed by atoms with Gasteiger partial charge in [-0.2, -0.15) is 5.10 Å². The van der Waals surface area contributed by atoms with E-state index in [-0.39, 0.29) is 0 Å². The van der Waals surface area contributed by atoms with Crippen LogP contribution >= 0.6 is 11.3 Å². The second kappa shape index (κ2) is 12.1. The quantitative estimate of drug-likeness (QED) is 0.171. The van der Waals surface area contributed by atoms with Gasteiger partial charge in [-0.25, -0.2) is 9.99 Å². The predicted molar refractivity (Wildman–Crippen MR) is 146 cm³/mol. The summed E-state index contributed by atoms with van der Waals surface area (Å²) in [6, 6.07) is 28.0. The van der Waals surface area contributed by atoms with Gasteiger partial charge in [0.25, 0.3) is 0 Å². The number of aromatic nitrogens is 1. The van der Waals surface area contributed by atoms with Crippen molar-refractivity contribution in [2.75, 3.05) is 16.5 Å². The summed E-state index contributed by atoms with van der Waals surface area (Å²) in [6.07, 6.45) is 6.02. The summed E-state index contributed by atoms with van der Waals surface area (Å²) >= 11 is 1.62. The van der Waals surface area contributed by atoms with Crippen LogP contribution in [-0.4, -0.2) is 17.7 Å². The number of thiazole rings is 1. The van der Waals surface area contributed by atoms with Crippen LogP contribution in [0.15, 0.2) is 95.5 Å². The lowest BCUT2D eigenvalue weighted by atomic mass is 10.1. The first-order valence-electron chi connectivity index (χ1n) is 11.9. The Labute approximate surface area is 207 Å². The number of hydrazone groups is 1. The van der Waals surface area contributed by atoms with Gasteiger partial charge in [-0.1, -0.05) is 80.1 Å². The molecule has 0 bridgehead atoms. The third kappa shape index (κ3) is 6.55. The molecule has 4 nitrogen and oxygen atoms in total. The van der Waals surface area contributed by atoms with Crippen LogP contribution in [-0.2, 0) is 13.1 Å². The van der Waals surface area contributed by atoms with Crippen LogP contribution in [0.5, 0.6) is 0 Å². The highest BCUT2D eigenvalue weighted by atomic mass is 32.1. The maximum atomic E-state index is 4.79. The molecule has 4 aromatic rings. The van der Waals surface area contributed by atoms with Crippen LogP contribution in [0.2, 0.25) is 0 Å². The van der Waals surface area contributed by atoms with Crippen LogP contribution in [0.4, 0.5) is 10.8 Å². The Morgan fingerprint density at radius 3 is 2.15 bits per heavy atom. The van der Waals surface area contributed by atoms with Crippen molar-refractivity contribution in [3.63, 3.8) is 0 Å². The maximum Gasteiger partial charge on any atom is 0.205 e. The van der Waals surface area contributed by atoms with Gasteiger partial charge in [0.2, 0.25) is 5.13 Å². The first-order valence-corrected chi connectivity index (χ1v) is 12.8. The monoisotopic (exact) mass is 468 g/mol. The number of benzene rings is 3. The standard InChI is InChI=1S/C29H32N4S/c1-3-4-18-33(29-30-17-19-34-29)31-21-27-15-16-28(20-24(27)2)32(22-25-11-7-5-8-12-25)23-26-13-9-6-10-14-26/h5-17,19-21H,3-4,18,22-23H2,1-2H3/b31-21+. The SMILES string of the molecule is CCCCN(/N=C/c1ccc(N(Cc2ccccc2)Cc2ccccc2)cc1C)c1nccs1. The molecule has 0 saturated heterocycles. The molecule has 0 fully saturated rings. The molecule has 4 rings (SSSR count). The number of hydrogen-bond donors (Lipinski definition) is 0. The highest BCUT2D eigenvalue weighted by molar-refractivity contribution is 7.13. The topological polar surface area (TPSA) is 31.7 Å². The zero-order chi connectivity index (χ0) is 23.6. The van der Waals surface area contributed by atoms with Gasteiger partial charge in [0.15, 0.2) is 0 Å². The molecule has 1 heterocycles. The van der Waals surface area contributed by atoms with Crippen LogP contribution in [0.25, 0.3) is 0 Å². The number of unbranched alkanes of at least 4 members (excludes halogenated alkanes) is 1. The fourth-order valence-corrected chi connectivity index (χ4v) is 4.46. The number of aryl methyl sites for hydroxylation is 1. The van der Waals surface area contributed by atoms with E-state index in [0.717, 1.165) is 43.2 Å². The lowest BCUT2D eigenvalue weighted by Gasteiger charge is -2.26. The van der Waals surface area contributed by atoms with Crippen molar-refractivity contribution in [2.24, 2.45) is 5.10 Å². The average molecular weight is 469 g/mol. The Kier molecular flexibility index (Phi) is 8.47. The number of nitrogens with zero attached hydrogens (tertiary/aromatic N) is 4. The summed E-state index contributed by atoms with van der Waals surface area (Å²) in [5.41, 5.74) is 6.15. The molecule has 0 radical (unpaired) electrons. The van der Waals surface area contributed by atoms with Gasteiger partial charge in [-0.15, -0.1) is 11.3 Å². The summed E-state index contributed by atoms with van der Waals surface area (Å²) in [5.74, 6) is 0. The summed E-state index contributed by atoms with van der Waals surface area (Å²) in [5, 5.41) is 9.74. The van der Waals surface area contributed by atoms with Crippen molar-refractivity contribution in [3.8, 4) is 0 Å². The molecule has 0 spiro atoms. The summed E-state index contributed by atoms with van der Waals surface area (Å²) in [4.78, 5) is 6.88. The Balaban J connectivity index is 1.56. The van der Waals surface area contributed by atoms with Gasteiger partial charge in [-0.3, -0.25) is 0 Å². The van der Waals surface area contributed by atoms with Crippen molar-refractivity contribution >= 4 is 28.4 Å². The molecule has 0 aliphatic rings. The smallest absolute Gasteiger partial charge is 0.205 e. The van der Waals surface area contributed by atoms with Crippen molar-refractivity contribution in [1.29, 1.82) is 0 Å². The van der Waals surface area contributed by atoms with Crippen LogP contribution < -0.4 is 9.91 Å². The van der Waals surface area contributed by atoms with Gasteiger partial charge in [0.1, 0.15) is 0 Å². The second-order valence-corrected chi connectivity index (χ2v) is 9.28. The van der Waals surface area contributed by atoms with Crippen molar-refractivity contribution < 1.29 is 0 Å². The highest BCUT2D eigenvalue weighted by Crippen LogP contribution is 2.24. The zero-order valence-corrected chi connectivity index (χ0v) is 20.8. The highest BCUT2D eigenvalue weighted by Gasteiger charge is 2.11. The predicted octanol–water partition coefficient (Wildman–Crippen LogP) is 7.30. The minimum Gasteiger partial charge on any atom is -0.363 e. The first kappa shape index (κ1) is 23.7. The largest absolute Gasteiger partial charge is 0.363 e. The second-order valence-electron chi connectivity index (χ2n) is 8.40. The molecular formula is C29H32N4S. The molecule has 174 valence electrons. The van der Waals surface area contributed by atoms with E-state index in [0.29, 0.717) is 0 Å².